The molecule has 6 nitrogen and oxygen atoms in total. The van der Waals surface area contributed by atoms with E-state index >= 15 is 0 Å². The first-order valence-corrected chi connectivity index (χ1v) is 6.72. The standard InChI is InChI=1S/C12H14N2O4S/c1-3-4-7-6(5-8(15)16)9-10(19-7)13-12(18)14(2)11(9)17/h3-5H2,1-2H3,(H,13,18)(H,15,16). The van der Waals surface area contributed by atoms with Gasteiger partial charge in [-0.1, -0.05) is 13.3 Å². The van der Waals surface area contributed by atoms with Crippen molar-refractivity contribution in [1.82, 2.24) is 9.55 Å². The van der Waals surface area contributed by atoms with Gasteiger partial charge in [-0.15, -0.1) is 11.3 Å². The first kappa shape index (κ1) is 13.5. The Hall–Kier alpha value is -1.89. The van der Waals surface area contributed by atoms with Crippen molar-refractivity contribution < 1.29 is 9.90 Å². The second-order valence-corrected chi connectivity index (χ2v) is 5.43. The Labute approximate surface area is 112 Å². The molecule has 2 rings (SSSR count). The van der Waals surface area contributed by atoms with Crippen molar-refractivity contribution in [2.75, 3.05) is 0 Å². The van der Waals surface area contributed by atoms with E-state index < -0.39 is 17.2 Å². The van der Waals surface area contributed by atoms with Gasteiger partial charge in [0.05, 0.1) is 11.8 Å². The molecule has 2 N–H and O–H groups in total. The van der Waals surface area contributed by atoms with Gasteiger partial charge >= 0.3 is 11.7 Å². The van der Waals surface area contributed by atoms with Crippen molar-refractivity contribution in [3.05, 3.63) is 31.3 Å². The van der Waals surface area contributed by atoms with Gasteiger partial charge in [0, 0.05) is 11.9 Å². The SMILES string of the molecule is CCCc1sc2[nH]c(=O)n(C)c(=O)c2c1CC(=O)O. The average Bonchev–Trinajstić information content (AvgIpc) is 2.64. The molecule has 0 radical (unpaired) electrons. The van der Waals surface area contributed by atoms with E-state index in [1.54, 1.807) is 0 Å². The fourth-order valence-corrected chi connectivity index (χ4v) is 3.34. The predicted octanol–water partition coefficient (Wildman–Crippen LogP) is 0.868. The number of H-pyrrole nitrogens is 1. The Morgan fingerprint density at radius 1 is 1.42 bits per heavy atom. The van der Waals surface area contributed by atoms with Crippen molar-refractivity contribution in [1.29, 1.82) is 0 Å². The molecule has 0 aromatic carbocycles. The highest BCUT2D eigenvalue weighted by molar-refractivity contribution is 7.18. The molecule has 102 valence electrons. The highest BCUT2D eigenvalue weighted by Gasteiger charge is 2.19. The molecule has 7 heteroatoms. The maximum atomic E-state index is 12.1. The second-order valence-electron chi connectivity index (χ2n) is 4.32. The van der Waals surface area contributed by atoms with Crippen LogP contribution in [0.5, 0.6) is 0 Å². The molecule has 0 saturated heterocycles. The number of carboxylic acid groups (broad SMARTS) is 1. The number of aromatic amines is 1. The van der Waals surface area contributed by atoms with E-state index in [4.69, 9.17) is 5.11 Å². The Balaban J connectivity index is 2.83. The molecule has 2 aromatic heterocycles. The lowest BCUT2D eigenvalue weighted by Gasteiger charge is -2.00. The van der Waals surface area contributed by atoms with Crippen LogP contribution >= 0.6 is 11.3 Å². The normalized spacial score (nSPS) is 11.1. The molecule has 0 fully saturated rings. The van der Waals surface area contributed by atoms with Crippen molar-refractivity contribution >= 4 is 27.5 Å². The van der Waals surface area contributed by atoms with E-state index in [-0.39, 0.29) is 6.42 Å². The third-order valence-corrected chi connectivity index (χ3v) is 4.15. The van der Waals surface area contributed by atoms with Crippen LogP contribution in [0.25, 0.3) is 10.2 Å². The molecule has 19 heavy (non-hydrogen) atoms. The van der Waals surface area contributed by atoms with Gasteiger partial charge in [0.15, 0.2) is 0 Å². The highest BCUT2D eigenvalue weighted by atomic mass is 32.1. The number of nitrogens with zero attached hydrogens (tertiary/aromatic N) is 1. The molecule has 0 atom stereocenters. The van der Waals surface area contributed by atoms with Gasteiger partial charge in [-0.2, -0.15) is 0 Å². The lowest BCUT2D eigenvalue weighted by molar-refractivity contribution is -0.136. The van der Waals surface area contributed by atoms with Gasteiger partial charge in [-0.25, -0.2) is 4.79 Å². The number of thiophene rings is 1. The number of rotatable bonds is 4. The molecule has 0 amide bonds. The molecule has 0 unspecified atom stereocenters. The minimum absolute atomic E-state index is 0.198. The van der Waals surface area contributed by atoms with Gasteiger partial charge in [-0.05, 0) is 12.0 Å². The lowest BCUT2D eigenvalue weighted by atomic mass is 10.1. The summed E-state index contributed by atoms with van der Waals surface area (Å²) in [7, 11) is 1.38. The van der Waals surface area contributed by atoms with Crippen LogP contribution in [-0.2, 0) is 24.7 Å². The summed E-state index contributed by atoms with van der Waals surface area (Å²) in [5.74, 6) is -0.981. The third-order valence-electron chi connectivity index (χ3n) is 2.94. The monoisotopic (exact) mass is 282 g/mol. The minimum atomic E-state index is -0.981. The van der Waals surface area contributed by atoms with E-state index in [1.165, 1.54) is 18.4 Å². The summed E-state index contributed by atoms with van der Waals surface area (Å²) in [4.78, 5) is 38.6. The fraction of sp³-hybridized carbons (Fsp3) is 0.417. The summed E-state index contributed by atoms with van der Waals surface area (Å²) < 4.78 is 0.968. The Kier molecular flexibility index (Phi) is 3.57. The van der Waals surface area contributed by atoms with Gasteiger partial charge < -0.3 is 5.11 Å². The van der Waals surface area contributed by atoms with E-state index in [0.717, 1.165) is 15.9 Å². The van der Waals surface area contributed by atoms with Crippen LogP contribution in [0.3, 0.4) is 0 Å². The van der Waals surface area contributed by atoms with Crippen molar-refractivity contribution in [2.24, 2.45) is 7.05 Å². The predicted molar refractivity (Wildman–Crippen MR) is 73.0 cm³/mol. The van der Waals surface area contributed by atoms with Gasteiger partial charge in [0.25, 0.3) is 5.56 Å². The fourth-order valence-electron chi connectivity index (χ4n) is 2.03. The molecule has 2 aromatic rings. The van der Waals surface area contributed by atoms with Crippen LogP contribution in [0, 0.1) is 0 Å². The van der Waals surface area contributed by atoms with Crippen molar-refractivity contribution in [3.8, 4) is 0 Å². The highest BCUT2D eigenvalue weighted by Crippen LogP contribution is 2.28. The summed E-state index contributed by atoms with van der Waals surface area (Å²) >= 11 is 1.30. The van der Waals surface area contributed by atoms with E-state index in [1.807, 2.05) is 6.92 Å². The number of aromatic nitrogens is 2. The van der Waals surface area contributed by atoms with Crippen molar-refractivity contribution in [3.63, 3.8) is 0 Å². The first-order chi connectivity index (χ1) is 8.95. The zero-order chi connectivity index (χ0) is 14.2. The number of aryl methyl sites for hydroxylation is 1. The Bertz CT molecular complexity index is 753. The Morgan fingerprint density at radius 2 is 2.11 bits per heavy atom. The van der Waals surface area contributed by atoms with Crippen LogP contribution < -0.4 is 11.2 Å². The maximum Gasteiger partial charge on any atom is 0.329 e. The third kappa shape index (κ3) is 2.33. The molecule has 0 spiro atoms. The van der Waals surface area contributed by atoms with E-state index in [0.29, 0.717) is 22.2 Å². The zero-order valence-electron chi connectivity index (χ0n) is 10.6. The molecule has 0 saturated carbocycles. The summed E-state index contributed by atoms with van der Waals surface area (Å²) in [5.41, 5.74) is -0.386. The molecule has 0 aliphatic heterocycles. The molecular weight excluding hydrogens is 268 g/mol. The first-order valence-electron chi connectivity index (χ1n) is 5.91. The molecule has 2 heterocycles. The lowest BCUT2D eigenvalue weighted by Crippen LogP contribution is -2.32. The summed E-state index contributed by atoms with van der Waals surface area (Å²) in [6.45, 7) is 1.98. The second kappa shape index (κ2) is 5.00. The van der Waals surface area contributed by atoms with Gasteiger partial charge in [-0.3, -0.25) is 19.1 Å². The Morgan fingerprint density at radius 3 is 2.68 bits per heavy atom. The summed E-state index contributed by atoms with van der Waals surface area (Å²) in [6.07, 6.45) is 1.35. The molecule has 0 aliphatic rings. The summed E-state index contributed by atoms with van der Waals surface area (Å²) in [5, 5.41) is 9.31. The zero-order valence-corrected chi connectivity index (χ0v) is 11.5. The number of carbonyl (C=O) groups is 1. The van der Waals surface area contributed by atoms with Crippen LogP contribution in [0.2, 0.25) is 0 Å². The molecule has 0 bridgehead atoms. The maximum absolute atomic E-state index is 12.1. The number of aliphatic carboxylic acids is 1. The number of nitrogens with one attached hydrogen (secondary N) is 1. The number of carboxylic acids is 1. The number of hydrogen-bond acceptors (Lipinski definition) is 4. The van der Waals surface area contributed by atoms with Crippen LogP contribution in [0.1, 0.15) is 23.8 Å². The molecular formula is C12H14N2O4S. The topological polar surface area (TPSA) is 92.2 Å². The van der Waals surface area contributed by atoms with Crippen LogP contribution in [0.15, 0.2) is 9.59 Å². The quantitative estimate of drug-likeness (QED) is 0.870. The van der Waals surface area contributed by atoms with Crippen LogP contribution in [-0.4, -0.2) is 20.6 Å². The number of fused-ring (bicyclic) bond motifs is 1. The van der Waals surface area contributed by atoms with Crippen molar-refractivity contribution in [2.45, 2.75) is 26.2 Å². The van der Waals surface area contributed by atoms with Crippen LogP contribution in [0.4, 0.5) is 0 Å². The summed E-state index contributed by atoms with van der Waals surface area (Å²) in [6, 6.07) is 0. The van der Waals surface area contributed by atoms with Gasteiger partial charge in [0.1, 0.15) is 4.83 Å². The largest absolute Gasteiger partial charge is 0.481 e. The van der Waals surface area contributed by atoms with E-state index in [2.05, 4.69) is 4.98 Å². The van der Waals surface area contributed by atoms with E-state index in [9.17, 15) is 14.4 Å². The molecule has 0 aliphatic carbocycles. The smallest absolute Gasteiger partial charge is 0.329 e. The average molecular weight is 282 g/mol. The van der Waals surface area contributed by atoms with Gasteiger partial charge in [0.2, 0.25) is 0 Å². The minimum Gasteiger partial charge on any atom is -0.481 e. The number of hydrogen-bond donors (Lipinski definition) is 2.